The number of anilines is 1. The minimum atomic E-state index is -0.547. The second kappa shape index (κ2) is 6.33. The van der Waals surface area contributed by atoms with Crippen molar-refractivity contribution in [3.63, 3.8) is 0 Å². The fourth-order valence-electron chi connectivity index (χ4n) is 2.99. The zero-order chi connectivity index (χ0) is 14.8. The maximum atomic E-state index is 10.5. The Bertz CT molecular complexity index is 458. The number of nitrogens with one attached hydrogen (secondary N) is 1. The quantitative estimate of drug-likeness (QED) is 0.874. The smallest absolute Gasteiger partial charge is 0.0821 e. The summed E-state index contributed by atoms with van der Waals surface area (Å²) in [5.74, 6) is 0. The first kappa shape index (κ1) is 15.6. The molecule has 0 radical (unpaired) electrons. The van der Waals surface area contributed by atoms with E-state index in [1.165, 1.54) is 5.56 Å². The predicted octanol–water partition coefficient (Wildman–Crippen LogP) is 3.36. The van der Waals surface area contributed by atoms with E-state index in [4.69, 9.17) is 11.6 Å². The Morgan fingerprint density at radius 3 is 2.60 bits per heavy atom. The van der Waals surface area contributed by atoms with Crippen molar-refractivity contribution in [1.82, 2.24) is 5.32 Å². The van der Waals surface area contributed by atoms with Gasteiger partial charge in [-0.3, -0.25) is 0 Å². The van der Waals surface area contributed by atoms with Crippen molar-refractivity contribution in [3.05, 3.63) is 28.8 Å². The van der Waals surface area contributed by atoms with Gasteiger partial charge in [-0.15, -0.1) is 0 Å². The van der Waals surface area contributed by atoms with Gasteiger partial charge in [0, 0.05) is 19.6 Å². The van der Waals surface area contributed by atoms with E-state index in [2.05, 4.69) is 23.2 Å². The van der Waals surface area contributed by atoms with Crippen LogP contribution in [-0.2, 0) is 0 Å². The van der Waals surface area contributed by atoms with Gasteiger partial charge in [-0.05, 0) is 44.5 Å². The highest BCUT2D eigenvalue weighted by Crippen LogP contribution is 2.34. The number of hydrogen-bond acceptors (Lipinski definition) is 3. The number of rotatable bonds is 5. The van der Waals surface area contributed by atoms with Crippen molar-refractivity contribution < 1.29 is 5.11 Å². The van der Waals surface area contributed by atoms with E-state index in [0.717, 1.165) is 36.4 Å². The second-order valence-corrected chi connectivity index (χ2v) is 6.42. The molecule has 0 aliphatic heterocycles. The molecule has 3 nitrogen and oxygen atoms in total. The number of benzene rings is 1. The average molecular weight is 297 g/mol. The Morgan fingerprint density at radius 2 is 2.05 bits per heavy atom. The summed E-state index contributed by atoms with van der Waals surface area (Å²) in [6.45, 7) is 2.75. The third-order valence-corrected chi connectivity index (χ3v) is 4.68. The monoisotopic (exact) mass is 296 g/mol. The molecule has 0 saturated heterocycles. The molecule has 1 fully saturated rings. The molecule has 0 spiro atoms. The van der Waals surface area contributed by atoms with Crippen molar-refractivity contribution in [1.29, 1.82) is 0 Å². The highest BCUT2D eigenvalue weighted by atomic mass is 35.5. The van der Waals surface area contributed by atoms with E-state index < -0.39 is 5.60 Å². The Hall–Kier alpha value is -0.770. The molecule has 1 unspecified atom stereocenters. The number of nitrogens with zero attached hydrogens (tertiary/aromatic N) is 1. The van der Waals surface area contributed by atoms with E-state index in [1.54, 1.807) is 0 Å². The molecule has 0 bridgehead atoms. The lowest BCUT2D eigenvalue weighted by Gasteiger charge is -2.30. The third kappa shape index (κ3) is 3.46. The summed E-state index contributed by atoms with van der Waals surface area (Å²) in [7, 11) is 3.94. The zero-order valence-corrected chi connectivity index (χ0v) is 13.4. The second-order valence-electron chi connectivity index (χ2n) is 6.01. The Kier molecular flexibility index (Phi) is 4.95. The van der Waals surface area contributed by atoms with Crippen LogP contribution in [0.4, 0.5) is 5.69 Å². The van der Waals surface area contributed by atoms with Crippen LogP contribution in [0.3, 0.4) is 0 Å². The molecule has 4 heteroatoms. The Morgan fingerprint density at radius 1 is 1.40 bits per heavy atom. The van der Waals surface area contributed by atoms with E-state index in [9.17, 15) is 5.11 Å². The molecule has 0 aromatic heterocycles. The third-order valence-electron chi connectivity index (χ3n) is 4.38. The summed E-state index contributed by atoms with van der Waals surface area (Å²) < 4.78 is 0. The predicted molar refractivity (Wildman–Crippen MR) is 85.6 cm³/mol. The first-order chi connectivity index (χ1) is 9.45. The van der Waals surface area contributed by atoms with Crippen LogP contribution >= 0.6 is 11.6 Å². The summed E-state index contributed by atoms with van der Waals surface area (Å²) >= 11 is 6.41. The van der Waals surface area contributed by atoms with Crippen LogP contribution in [0.15, 0.2) is 18.2 Å². The minimum absolute atomic E-state index is 0.283. The van der Waals surface area contributed by atoms with Crippen LogP contribution in [0.25, 0.3) is 0 Å². The lowest BCUT2D eigenvalue weighted by Crippen LogP contribution is -2.39. The van der Waals surface area contributed by atoms with E-state index in [1.807, 2.05) is 26.2 Å². The first-order valence-corrected chi connectivity index (χ1v) is 7.73. The number of halogens is 1. The molecular weight excluding hydrogens is 272 g/mol. The summed E-state index contributed by atoms with van der Waals surface area (Å²) in [6, 6.07) is 6.43. The summed E-state index contributed by atoms with van der Waals surface area (Å²) in [5, 5.41) is 14.5. The largest absolute Gasteiger partial charge is 0.388 e. The van der Waals surface area contributed by atoms with Crippen LogP contribution < -0.4 is 10.2 Å². The highest BCUT2D eigenvalue weighted by molar-refractivity contribution is 6.33. The maximum absolute atomic E-state index is 10.5. The Labute approximate surface area is 126 Å². The molecule has 112 valence electrons. The molecule has 1 aromatic rings. The molecule has 2 N–H and O–H groups in total. The van der Waals surface area contributed by atoms with Gasteiger partial charge in [-0.2, -0.15) is 0 Å². The molecule has 1 aliphatic rings. The van der Waals surface area contributed by atoms with Crippen molar-refractivity contribution in [2.24, 2.45) is 0 Å². The van der Waals surface area contributed by atoms with Gasteiger partial charge in [0.25, 0.3) is 0 Å². The molecule has 20 heavy (non-hydrogen) atoms. The van der Waals surface area contributed by atoms with Crippen molar-refractivity contribution in [2.75, 3.05) is 25.5 Å². The lowest BCUT2D eigenvalue weighted by molar-refractivity contribution is 0.0559. The SMILES string of the molecule is CNC(C)c1ccc(N(C)CC2(O)CCCC2)c(Cl)c1. The van der Waals surface area contributed by atoms with E-state index in [-0.39, 0.29) is 6.04 Å². The van der Waals surface area contributed by atoms with Crippen molar-refractivity contribution >= 4 is 17.3 Å². The van der Waals surface area contributed by atoms with Crippen molar-refractivity contribution in [2.45, 2.75) is 44.2 Å². The summed E-state index contributed by atoms with van der Waals surface area (Å²) in [6.07, 6.45) is 4.03. The maximum Gasteiger partial charge on any atom is 0.0821 e. The molecule has 0 amide bonds. The molecule has 1 aliphatic carbocycles. The van der Waals surface area contributed by atoms with Crippen LogP contribution in [-0.4, -0.2) is 31.3 Å². The molecule has 1 atom stereocenters. The van der Waals surface area contributed by atoms with E-state index >= 15 is 0 Å². The standard InChI is InChI=1S/C16H25ClN2O/c1-12(18-2)13-6-7-15(14(17)10-13)19(3)11-16(20)8-4-5-9-16/h6-7,10,12,18,20H,4-5,8-9,11H2,1-3H3. The fraction of sp³-hybridized carbons (Fsp3) is 0.625. The summed E-state index contributed by atoms with van der Waals surface area (Å²) in [5.41, 5.74) is 1.61. The number of likely N-dealkylation sites (N-methyl/N-ethyl adjacent to an activating group) is 1. The van der Waals surface area contributed by atoms with Crippen LogP contribution in [0.2, 0.25) is 5.02 Å². The molecule has 1 saturated carbocycles. The number of hydrogen-bond donors (Lipinski definition) is 2. The van der Waals surface area contributed by atoms with Crippen molar-refractivity contribution in [3.8, 4) is 0 Å². The van der Waals surface area contributed by atoms with Gasteiger partial charge in [-0.25, -0.2) is 0 Å². The molecular formula is C16H25ClN2O. The topological polar surface area (TPSA) is 35.5 Å². The van der Waals surface area contributed by atoms with Gasteiger partial charge in [0.1, 0.15) is 0 Å². The van der Waals surface area contributed by atoms with E-state index in [0.29, 0.717) is 6.54 Å². The normalized spacial score (nSPS) is 19.1. The highest BCUT2D eigenvalue weighted by Gasteiger charge is 2.32. The van der Waals surface area contributed by atoms with Gasteiger partial charge in [0.2, 0.25) is 0 Å². The van der Waals surface area contributed by atoms with Crippen LogP contribution in [0.1, 0.15) is 44.2 Å². The van der Waals surface area contributed by atoms with Gasteiger partial charge < -0.3 is 15.3 Å². The van der Waals surface area contributed by atoms with Gasteiger partial charge >= 0.3 is 0 Å². The summed E-state index contributed by atoms with van der Waals surface area (Å²) in [4.78, 5) is 2.07. The minimum Gasteiger partial charge on any atom is -0.388 e. The lowest BCUT2D eigenvalue weighted by atomic mass is 10.0. The number of aliphatic hydroxyl groups is 1. The molecule has 2 rings (SSSR count). The zero-order valence-electron chi connectivity index (χ0n) is 12.6. The van der Waals surface area contributed by atoms with Gasteiger partial charge in [0.15, 0.2) is 0 Å². The van der Waals surface area contributed by atoms with Crippen LogP contribution in [0, 0.1) is 0 Å². The van der Waals surface area contributed by atoms with Crippen LogP contribution in [0.5, 0.6) is 0 Å². The molecule has 1 aromatic carbocycles. The van der Waals surface area contributed by atoms with Gasteiger partial charge in [-0.1, -0.05) is 30.5 Å². The van der Waals surface area contributed by atoms with Gasteiger partial charge in [0.05, 0.1) is 16.3 Å². The first-order valence-electron chi connectivity index (χ1n) is 7.35. The average Bonchev–Trinajstić information content (AvgIpc) is 2.83. The fourth-order valence-corrected chi connectivity index (χ4v) is 3.32. The Balaban J connectivity index is 2.12. The molecule has 0 heterocycles.